The Morgan fingerprint density at radius 3 is 1.17 bits per heavy atom. The van der Waals surface area contributed by atoms with Gasteiger partial charge in [-0.05, 0) is 107 Å². The van der Waals surface area contributed by atoms with Gasteiger partial charge in [0.1, 0.15) is 11.6 Å². The highest BCUT2D eigenvalue weighted by Crippen LogP contribution is 2.44. The van der Waals surface area contributed by atoms with Crippen LogP contribution in [0.2, 0.25) is 0 Å². The normalized spacial score (nSPS) is 12.0. The molecule has 0 saturated carbocycles. The van der Waals surface area contributed by atoms with Gasteiger partial charge in [0, 0.05) is 54.5 Å². The molecule has 5 nitrogen and oxygen atoms in total. The number of rotatable bonds is 6. The van der Waals surface area contributed by atoms with Gasteiger partial charge in [0.05, 0.1) is 44.1 Å². The summed E-state index contributed by atoms with van der Waals surface area (Å²) in [6.45, 7) is 0. The average molecular weight is 892 g/mol. The molecule has 5 heterocycles. The van der Waals surface area contributed by atoms with Crippen LogP contribution in [0.4, 0.5) is 0 Å². The molecular weight excluding hydrogens is 851 g/mol. The van der Waals surface area contributed by atoms with E-state index in [0.29, 0.717) is 0 Å². The minimum Gasteiger partial charge on any atom is -0.309 e. The summed E-state index contributed by atoms with van der Waals surface area (Å²) in [6, 6.07) is 90.3. The van der Waals surface area contributed by atoms with Crippen molar-refractivity contribution in [2.24, 2.45) is 0 Å². The Bertz CT molecular complexity index is 4560. The third-order valence-electron chi connectivity index (χ3n) is 14.5. The number of aromatic nitrogens is 5. The van der Waals surface area contributed by atoms with E-state index in [9.17, 15) is 0 Å². The van der Waals surface area contributed by atoms with Crippen molar-refractivity contribution in [1.29, 1.82) is 0 Å². The molecule has 0 amide bonds. The van der Waals surface area contributed by atoms with Gasteiger partial charge in [0.15, 0.2) is 0 Å². The highest BCUT2D eigenvalue weighted by Gasteiger charge is 2.24. The molecule has 70 heavy (non-hydrogen) atoms. The molecule has 5 aromatic heterocycles. The number of nitrogens with zero attached hydrogens (tertiary/aromatic N) is 5. The van der Waals surface area contributed by atoms with E-state index in [-0.39, 0.29) is 0 Å². The standard InChI is InChI=1S/C65H41N5/c1-5-18-42(19-6-1)44-32-36-58-52(38-44)50-34-35-51-53-39-45(43-20-7-2-8-21-43)33-37-59(53)70(65(51)64(50)68(58)47-24-11-4-12-25-47)63-31-17-30-62(66-63)69-57-29-16-14-27-49(57)55-40-60-54(41-61(55)69)48-26-13-15-28-56(48)67(60)46-22-9-3-10-23-46/h1-41H. The van der Waals surface area contributed by atoms with Gasteiger partial charge in [-0.15, -0.1) is 0 Å². The third-order valence-corrected chi connectivity index (χ3v) is 14.5. The number of hydrogen-bond donors (Lipinski definition) is 0. The average Bonchev–Trinajstić information content (AvgIpc) is 4.16. The van der Waals surface area contributed by atoms with Crippen LogP contribution in [-0.4, -0.2) is 23.3 Å². The van der Waals surface area contributed by atoms with Crippen molar-refractivity contribution in [3.05, 3.63) is 249 Å². The lowest BCUT2D eigenvalue weighted by Crippen LogP contribution is -2.04. The van der Waals surface area contributed by atoms with Gasteiger partial charge in [0.25, 0.3) is 0 Å². The van der Waals surface area contributed by atoms with Crippen LogP contribution in [0.3, 0.4) is 0 Å². The first-order valence-corrected chi connectivity index (χ1v) is 24.0. The van der Waals surface area contributed by atoms with Crippen LogP contribution in [0, 0.1) is 0 Å². The second kappa shape index (κ2) is 15.0. The van der Waals surface area contributed by atoms with E-state index in [1.54, 1.807) is 0 Å². The zero-order valence-corrected chi connectivity index (χ0v) is 37.9. The molecule has 5 heteroatoms. The molecule has 0 aliphatic carbocycles. The second-order valence-corrected chi connectivity index (χ2v) is 18.3. The molecule has 0 N–H and O–H groups in total. The topological polar surface area (TPSA) is 32.6 Å². The Morgan fingerprint density at radius 1 is 0.214 bits per heavy atom. The van der Waals surface area contributed by atoms with Gasteiger partial charge < -0.3 is 9.13 Å². The zero-order chi connectivity index (χ0) is 45.9. The minimum atomic E-state index is 0.847. The molecule has 0 aliphatic rings. The van der Waals surface area contributed by atoms with E-state index in [2.05, 4.69) is 267 Å². The Hall–Kier alpha value is -9.45. The van der Waals surface area contributed by atoms with Crippen molar-refractivity contribution in [2.75, 3.05) is 0 Å². The van der Waals surface area contributed by atoms with Crippen LogP contribution in [0.25, 0.3) is 132 Å². The fourth-order valence-corrected chi connectivity index (χ4v) is 11.5. The summed E-state index contributed by atoms with van der Waals surface area (Å²) in [5, 5.41) is 9.53. The zero-order valence-electron chi connectivity index (χ0n) is 37.9. The van der Waals surface area contributed by atoms with Crippen molar-refractivity contribution < 1.29 is 0 Å². The van der Waals surface area contributed by atoms with Gasteiger partial charge >= 0.3 is 0 Å². The largest absolute Gasteiger partial charge is 0.309 e. The van der Waals surface area contributed by atoms with Crippen molar-refractivity contribution in [3.8, 4) is 45.3 Å². The molecule has 10 aromatic carbocycles. The number of fused-ring (bicyclic) bond motifs is 13. The second-order valence-electron chi connectivity index (χ2n) is 18.3. The number of pyridine rings is 1. The van der Waals surface area contributed by atoms with Crippen LogP contribution < -0.4 is 0 Å². The summed E-state index contributed by atoms with van der Waals surface area (Å²) in [4.78, 5) is 5.76. The molecule has 326 valence electrons. The monoisotopic (exact) mass is 891 g/mol. The maximum atomic E-state index is 5.76. The number of benzene rings is 10. The molecule has 0 fully saturated rings. The molecule has 0 unspecified atom stereocenters. The van der Waals surface area contributed by atoms with Gasteiger partial charge in [-0.3, -0.25) is 9.13 Å². The number of para-hydroxylation sites is 4. The number of hydrogen-bond acceptors (Lipinski definition) is 1. The molecular formula is C65H41N5. The molecule has 0 spiro atoms. The highest BCUT2D eigenvalue weighted by molar-refractivity contribution is 6.25. The molecule has 0 radical (unpaired) electrons. The van der Waals surface area contributed by atoms with E-state index in [0.717, 1.165) is 56.1 Å². The predicted molar refractivity (Wildman–Crippen MR) is 292 cm³/mol. The SMILES string of the molecule is c1ccc(-c2ccc3c(c2)c2ccc4c5cc(-c6ccccc6)ccc5n(-c5cccc(-n6c7ccccc7c7cc8c(cc76)c6ccccc6n8-c6ccccc6)n5)c4c2n3-c2ccccc2)cc1. The van der Waals surface area contributed by atoms with Crippen LogP contribution >= 0.6 is 0 Å². The lowest BCUT2D eigenvalue weighted by Gasteiger charge is -2.14. The highest BCUT2D eigenvalue weighted by atomic mass is 15.1. The van der Waals surface area contributed by atoms with E-state index < -0.39 is 0 Å². The van der Waals surface area contributed by atoms with Crippen LogP contribution in [-0.2, 0) is 0 Å². The fourth-order valence-electron chi connectivity index (χ4n) is 11.5. The first kappa shape index (κ1) is 38.6. The van der Waals surface area contributed by atoms with Crippen LogP contribution in [0.5, 0.6) is 0 Å². The Morgan fingerprint density at radius 2 is 0.614 bits per heavy atom. The first-order chi connectivity index (χ1) is 34.7. The maximum absolute atomic E-state index is 5.76. The minimum absolute atomic E-state index is 0.847. The molecule has 15 aromatic rings. The molecule has 0 saturated heterocycles. The lowest BCUT2D eigenvalue weighted by molar-refractivity contribution is 1.01. The quantitative estimate of drug-likeness (QED) is 0.164. The van der Waals surface area contributed by atoms with Gasteiger partial charge in [-0.1, -0.05) is 164 Å². The van der Waals surface area contributed by atoms with Crippen molar-refractivity contribution in [2.45, 2.75) is 0 Å². The van der Waals surface area contributed by atoms with E-state index in [1.165, 1.54) is 76.4 Å². The van der Waals surface area contributed by atoms with Gasteiger partial charge in [-0.2, -0.15) is 0 Å². The third kappa shape index (κ3) is 5.63. The Kier molecular flexibility index (Phi) is 8.29. The van der Waals surface area contributed by atoms with E-state index in [1.807, 2.05) is 0 Å². The van der Waals surface area contributed by atoms with Crippen LogP contribution in [0.15, 0.2) is 249 Å². The van der Waals surface area contributed by atoms with E-state index in [4.69, 9.17) is 4.98 Å². The molecule has 15 rings (SSSR count). The smallest absolute Gasteiger partial charge is 0.140 e. The predicted octanol–water partition coefficient (Wildman–Crippen LogP) is 16.8. The summed E-state index contributed by atoms with van der Waals surface area (Å²) in [5.41, 5.74) is 16.1. The summed E-state index contributed by atoms with van der Waals surface area (Å²) < 4.78 is 9.65. The maximum Gasteiger partial charge on any atom is 0.140 e. The lowest BCUT2D eigenvalue weighted by atomic mass is 10.0. The van der Waals surface area contributed by atoms with Crippen LogP contribution in [0.1, 0.15) is 0 Å². The summed E-state index contributed by atoms with van der Waals surface area (Å²) in [6.07, 6.45) is 0. The summed E-state index contributed by atoms with van der Waals surface area (Å²) in [5.74, 6) is 1.70. The van der Waals surface area contributed by atoms with Crippen molar-refractivity contribution in [1.82, 2.24) is 23.3 Å². The fraction of sp³-hybridized carbons (Fsp3) is 0. The van der Waals surface area contributed by atoms with Crippen molar-refractivity contribution in [3.63, 3.8) is 0 Å². The molecule has 0 aliphatic heterocycles. The van der Waals surface area contributed by atoms with Gasteiger partial charge in [0.2, 0.25) is 0 Å². The Labute approximate surface area is 402 Å². The van der Waals surface area contributed by atoms with E-state index >= 15 is 0 Å². The molecule has 0 bridgehead atoms. The first-order valence-electron chi connectivity index (χ1n) is 24.0. The van der Waals surface area contributed by atoms with Gasteiger partial charge in [-0.25, -0.2) is 4.98 Å². The molecule has 0 atom stereocenters. The Balaban J connectivity index is 1.04. The summed E-state index contributed by atoms with van der Waals surface area (Å²) >= 11 is 0. The summed E-state index contributed by atoms with van der Waals surface area (Å²) in [7, 11) is 0. The van der Waals surface area contributed by atoms with Crippen molar-refractivity contribution >= 4 is 87.2 Å².